The molecule has 5 nitrogen and oxygen atoms in total. The predicted octanol–water partition coefficient (Wildman–Crippen LogP) is 2.43. The Hall–Kier alpha value is -2.76. The van der Waals surface area contributed by atoms with E-state index in [0.717, 1.165) is 0 Å². The summed E-state index contributed by atoms with van der Waals surface area (Å²) in [6.07, 6.45) is 0. The molecule has 0 bridgehead atoms. The summed E-state index contributed by atoms with van der Waals surface area (Å²) in [5.41, 5.74) is 5.92. The quantitative estimate of drug-likeness (QED) is 0.829. The second-order valence-electron chi connectivity index (χ2n) is 4.23. The molecule has 0 aliphatic rings. The summed E-state index contributed by atoms with van der Waals surface area (Å²) in [5, 5.41) is 2.40. The number of rotatable bonds is 5. The van der Waals surface area contributed by atoms with Crippen LogP contribution in [0.25, 0.3) is 0 Å². The molecule has 0 aromatic heterocycles. The van der Waals surface area contributed by atoms with E-state index in [0.29, 0.717) is 17.2 Å². The fourth-order valence-corrected chi connectivity index (χ4v) is 1.71. The van der Waals surface area contributed by atoms with Crippen molar-refractivity contribution in [1.29, 1.82) is 0 Å². The molecule has 1 amide bonds. The fraction of sp³-hybridized carbons (Fsp3) is 0.133. The molecule has 0 saturated heterocycles. The predicted molar refractivity (Wildman–Crippen MR) is 77.9 cm³/mol. The van der Waals surface area contributed by atoms with Crippen LogP contribution in [0.5, 0.6) is 11.5 Å². The molecule has 0 aliphatic carbocycles. The van der Waals surface area contributed by atoms with Gasteiger partial charge < -0.3 is 20.5 Å². The Labute approximate surface area is 121 Å². The highest BCUT2D eigenvalue weighted by atomic mass is 19.1. The second kappa shape index (κ2) is 6.60. The number of methoxy groups -OCH3 is 1. The number of hydrogen-bond donors (Lipinski definition) is 2. The second-order valence-corrected chi connectivity index (χ2v) is 4.23. The van der Waals surface area contributed by atoms with E-state index in [1.807, 2.05) is 0 Å². The van der Waals surface area contributed by atoms with Gasteiger partial charge in [-0.25, -0.2) is 4.39 Å². The third-order valence-corrected chi connectivity index (χ3v) is 2.69. The number of carbonyl (C=O) groups is 1. The number of benzene rings is 2. The summed E-state index contributed by atoms with van der Waals surface area (Å²) >= 11 is 0. The molecule has 0 heterocycles. The standard InChI is InChI=1S/C15H15FN2O3/c1-20-13-4-2-3-5-14(13)21-9-15(19)18-12-8-10(17)6-7-11(12)16/h2-8H,9,17H2,1H3,(H,18,19). The zero-order chi connectivity index (χ0) is 15.2. The topological polar surface area (TPSA) is 73.6 Å². The molecule has 2 aromatic rings. The van der Waals surface area contributed by atoms with E-state index in [1.165, 1.54) is 25.3 Å². The van der Waals surface area contributed by atoms with Crippen LogP contribution in [-0.2, 0) is 4.79 Å². The summed E-state index contributed by atoms with van der Waals surface area (Å²) in [6.45, 7) is -0.269. The number of anilines is 2. The first-order valence-corrected chi connectivity index (χ1v) is 6.21. The molecule has 2 aromatic carbocycles. The molecule has 0 atom stereocenters. The Morgan fingerprint density at radius 1 is 1.24 bits per heavy atom. The zero-order valence-electron chi connectivity index (χ0n) is 11.4. The van der Waals surface area contributed by atoms with E-state index >= 15 is 0 Å². The van der Waals surface area contributed by atoms with Gasteiger partial charge in [0.2, 0.25) is 0 Å². The molecular formula is C15H15FN2O3. The van der Waals surface area contributed by atoms with Crippen LogP contribution in [-0.4, -0.2) is 19.6 Å². The first-order valence-electron chi connectivity index (χ1n) is 6.21. The van der Waals surface area contributed by atoms with Crippen LogP contribution in [0.1, 0.15) is 0 Å². The van der Waals surface area contributed by atoms with Crippen LogP contribution in [0.15, 0.2) is 42.5 Å². The minimum atomic E-state index is -0.560. The number of para-hydroxylation sites is 2. The Bertz CT molecular complexity index is 647. The lowest BCUT2D eigenvalue weighted by molar-refractivity contribution is -0.118. The van der Waals surface area contributed by atoms with Crippen LogP contribution >= 0.6 is 0 Å². The lowest BCUT2D eigenvalue weighted by Crippen LogP contribution is -2.21. The molecule has 21 heavy (non-hydrogen) atoms. The van der Waals surface area contributed by atoms with Crippen molar-refractivity contribution in [2.75, 3.05) is 24.8 Å². The van der Waals surface area contributed by atoms with Gasteiger partial charge in [0.05, 0.1) is 12.8 Å². The van der Waals surface area contributed by atoms with Crippen LogP contribution in [0.4, 0.5) is 15.8 Å². The highest BCUT2D eigenvalue weighted by Crippen LogP contribution is 2.25. The van der Waals surface area contributed by atoms with E-state index in [9.17, 15) is 9.18 Å². The molecule has 3 N–H and O–H groups in total. The summed E-state index contributed by atoms with van der Waals surface area (Å²) < 4.78 is 23.9. The third-order valence-electron chi connectivity index (χ3n) is 2.69. The van der Waals surface area contributed by atoms with Gasteiger partial charge in [-0.1, -0.05) is 12.1 Å². The Balaban J connectivity index is 1.97. The first-order chi connectivity index (χ1) is 10.1. The molecule has 0 spiro atoms. The maximum Gasteiger partial charge on any atom is 0.262 e. The Kier molecular flexibility index (Phi) is 4.61. The van der Waals surface area contributed by atoms with Crippen molar-refractivity contribution >= 4 is 17.3 Å². The summed E-state index contributed by atoms with van der Waals surface area (Å²) in [6, 6.07) is 10.9. The number of ether oxygens (including phenoxy) is 2. The van der Waals surface area contributed by atoms with E-state index in [2.05, 4.69) is 5.32 Å². The van der Waals surface area contributed by atoms with Gasteiger partial charge in [0.1, 0.15) is 5.82 Å². The lowest BCUT2D eigenvalue weighted by Gasteiger charge is -2.11. The summed E-state index contributed by atoms with van der Waals surface area (Å²) in [4.78, 5) is 11.8. The molecule has 110 valence electrons. The molecule has 0 fully saturated rings. The average molecular weight is 290 g/mol. The van der Waals surface area contributed by atoms with Gasteiger partial charge >= 0.3 is 0 Å². The number of halogens is 1. The van der Waals surface area contributed by atoms with Crippen molar-refractivity contribution in [2.24, 2.45) is 0 Å². The van der Waals surface area contributed by atoms with Crippen LogP contribution in [0.3, 0.4) is 0 Å². The highest BCUT2D eigenvalue weighted by molar-refractivity contribution is 5.92. The SMILES string of the molecule is COc1ccccc1OCC(=O)Nc1cc(N)ccc1F. The zero-order valence-corrected chi connectivity index (χ0v) is 11.4. The number of nitrogens with two attached hydrogens (primary N) is 1. The number of nitrogen functional groups attached to an aromatic ring is 1. The number of nitrogens with one attached hydrogen (secondary N) is 1. The van der Waals surface area contributed by atoms with Crippen molar-refractivity contribution < 1.29 is 18.7 Å². The molecule has 0 saturated carbocycles. The summed E-state index contributed by atoms with van der Waals surface area (Å²) in [7, 11) is 1.50. The maximum atomic E-state index is 13.5. The smallest absolute Gasteiger partial charge is 0.262 e. The molecule has 6 heteroatoms. The largest absolute Gasteiger partial charge is 0.493 e. The molecule has 0 radical (unpaired) electrons. The highest BCUT2D eigenvalue weighted by Gasteiger charge is 2.10. The van der Waals surface area contributed by atoms with Gasteiger partial charge in [0.15, 0.2) is 18.1 Å². The van der Waals surface area contributed by atoms with Gasteiger partial charge in [-0.05, 0) is 30.3 Å². The van der Waals surface area contributed by atoms with Gasteiger partial charge in [0.25, 0.3) is 5.91 Å². The van der Waals surface area contributed by atoms with Gasteiger partial charge in [-0.3, -0.25) is 4.79 Å². The monoisotopic (exact) mass is 290 g/mol. The summed E-state index contributed by atoms with van der Waals surface area (Å²) in [5.74, 6) is -0.108. The van der Waals surface area contributed by atoms with Crippen molar-refractivity contribution in [3.8, 4) is 11.5 Å². The Morgan fingerprint density at radius 2 is 1.95 bits per heavy atom. The van der Waals surface area contributed by atoms with E-state index in [1.54, 1.807) is 24.3 Å². The fourth-order valence-electron chi connectivity index (χ4n) is 1.71. The lowest BCUT2D eigenvalue weighted by atomic mass is 10.2. The van der Waals surface area contributed by atoms with E-state index < -0.39 is 11.7 Å². The van der Waals surface area contributed by atoms with Crippen molar-refractivity contribution in [3.63, 3.8) is 0 Å². The van der Waals surface area contributed by atoms with E-state index in [4.69, 9.17) is 15.2 Å². The molecule has 0 unspecified atom stereocenters. The van der Waals surface area contributed by atoms with Crippen LogP contribution in [0, 0.1) is 5.82 Å². The number of amides is 1. The molecular weight excluding hydrogens is 275 g/mol. The maximum absolute atomic E-state index is 13.5. The third kappa shape index (κ3) is 3.85. The van der Waals surface area contributed by atoms with Crippen molar-refractivity contribution in [2.45, 2.75) is 0 Å². The molecule has 0 aliphatic heterocycles. The van der Waals surface area contributed by atoms with Crippen molar-refractivity contribution in [1.82, 2.24) is 0 Å². The van der Waals surface area contributed by atoms with Crippen molar-refractivity contribution in [3.05, 3.63) is 48.3 Å². The van der Waals surface area contributed by atoms with E-state index in [-0.39, 0.29) is 12.3 Å². The van der Waals surface area contributed by atoms with Crippen LogP contribution < -0.4 is 20.5 Å². The minimum absolute atomic E-state index is 0.0172. The average Bonchev–Trinajstić information content (AvgIpc) is 2.49. The molecule has 2 rings (SSSR count). The van der Waals surface area contributed by atoms with Crippen LogP contribution in [0.2, 0.25) is 0 Å². The minimum Gasteiger partial charge on any atom is -0.493 e. The normalized spacial score (nSPS) is 10.0. The number of carbonyl (C=O) groups excluding carboxylic acids is 1. The number of hydrogen-bond acceptors (Lipinski definition) is 4. The Morgan fingerprint density at radius 3 is 2.67 bits per heavy atom. The van der Waals surface area contributed by atoms with Gasteiger partial charge in [0, 0.05) is 5.69 Å². The van der Waals surface area contributed by atoms with Gasteiger partial charge in [-0.15, -0.1) is 0 Å². The first kappa shape index (κ1) is 14.6. The van der Waals surface area contributed by atoms with Gasteiger partial charge in [-0.2, -0.15) is 0 Å².